The molecule has 15 heavy (non-hydrogen) atoms. The van der Waals surface area contributed by atoms with E-state index in [9.17, 15) is 4.79 Å². The predicted molar refractivity (Wildman–Crippen MR) is 58.0 cm³/mol. The summed E-state index contributed by atoms with van der Waals surface area (Å²) in [6.07, 6.45) is 2.04. The summed E-state index contributed by atoms with van der Waals surface area (Å²) in [5.41, 5.74) is 0.580. The van der Waals surface area contributed by atoms with E-state index in [1.54, 1.807) is 12.1 Å². The molecule has 3 N–H and O–H groups in total. The predicted octanol–water partition coefficient (Wildman–Crippen LogP) is 1.24. The fourth-order valence-corrected chi connectivity index (χ4v) is 1.11. The maximum Gasteiger partial charge on any atom is 0.319 e. The van der Waals surface area contributed by atoms with Gasteiger partial charge in [0.15, 0.2) is 0 Å². The Morgan fingerprint density at radius 2 is 2.40 bits per heavy atom. The van der Waals surface area contributed by atoms with Crippen LogP contribution in [0.4, 0.5) is 10.5 Å². The molecule has 1 aromatic rings. The minimum Gasteiger partial charge on any atom is -0.396 e. The molecule has 1 heterocycles. The molecule has 0 saturated carbocycles. The summed E-state index contributed by atoms with van der Waals surface area (Å²) in [7, 11) is 0. The van der Waals surface area contributed by atoms with Crippen LogP contribution in [0.1, 0.15) is 6.42 Å². The molecular weight excluding hydrogens is 218 g/mol. The van der Waals surface area contributed by atoms with Crippen molar-refractivity contribution in [1.29, 1.82) is 0 Å². The second-order valence-electron chi connectivity index (χ2n) is 2.83. The second-order valence-corrected chi connectivity index (χ2v) is 3.21. The molecule has 0 aliphatic carbocycles. The molecule has 1 aromatic heterocycles. The molecule has 0 aliphatic rings. The number of aliphatic hydroxyl groups excluding tert-OH is 1. The Morgan fingerprint density at radius 1 is 1.60 bits per heavy atom. The van der Waals surface area contributed by atoms with Crippen LogP contribution in [-0.4, -0.2) is 29.3 Å². The lowest BCUT2D eigenvalue weighted by Gasteiger charge is -2.06. The molecular formula is C9H12ClN3O2. The first-order valence-corrected chi connectivity index (χ1v) is 4.87. The number of aliphatic hydroxyl groups is 1. The largest absolute Gasteiger partial charge is 0.396 e. The molecule has 82 valence electrons. The molecule has 0 atom stereocenters. The lowest BCUT2D eigenvalue weighted by atomic mass is 10.4. The molecule has 0 fully saturated rings. The number of halogens is 1. The zero-order chi connectivity index (χ0) is 11.1. The number of anilines is 1. The maximum absolute atomic E-state index is 11.2. The number of pyridine rings is 1. The highest BCUT2D eigenvalue weighted by Gasteiger charge is 2.00. The van der Waals surface area contributed by atoms with Gasteiger partial charge in [-0.05, 0) is 18.6 Å². The Labute approximate surface area is 92.5 Å². The van der Waals surface area contributed by atoms with Gasteiger partial charge in [0, 0.05) is 25.0 Å². The van der Waals surface area contributed by atoms with Crippen LogP contribution in [0.25, 0.3) is 0 Å². The Morgan fingerprint density at radius 3 is 3.07 bits per heavy atom. The first-order valence-electron chi connectivity index (χ1n) is 4.49. The van der Waals surface area contributed by atoms with Gasteiger partial charge in [0.05, 0.1) is 0 Å². The number of aromatic nitrogens is 1. The van der Waals surface area contributed by atoms with E-state index in [1.165, 1.54) is 6.20 Å². The highest BCUT2D eigenvalue weighted by atomic mass is 35.5. The number of carbonyl (C=O) groups excluding carboxylic acids is 1. The zero-order valence-electron chi connectivity index (χ0n) is 8.03. The van der Waals surface area contributed by atoms with Crippen LogP contribution < -0.4 is 10.6 Å². The average Bonchev–Trinajstić information content (AvgIpc) is 2.18. The van der Waals surface area contributed by atoms with Gasteiger partial charge in [-0.2, -0.15) is 0 Å². The number of rotatable bonds is 4. The van der Waals surface area contributed by atoms with Crippen LogP contribution in [0.5, 0.6) is 0 Å². The van der Waals surface area contributed by atoms with Crippen LogP contribution in [0.15, 0.2) is 18.3 Å². The maximum atomic E-state index is 11.2. The lowest BCUT2D eigenvalue weighted by molar-refractivity contribution is 0.249. The summed E-state index contributed by atoms with van der Waals surface area (Å²) < 4.78 is 0. The highest BCUT2D eigenvalue weighted by molar-refractivity contribution is 6.29. The van der Waals surface area contributed by atoms with Crippen LogP contribution in [0.3, 0.4) is 0 Å². The molecule has 0 spiro atoms. The van der Waals surface area contributed by atoms with Crippen molar-refractivity contribution < 1.29 is 9.90 Å². The van der Waals surface area contributed by atoms with E-state index in [0.717, 1.165) is 0 Å². The molecule has 0 aliphatic heterocycles. The van der Waals surface area contributed by atoms with Gasteiger partial charge >= 0.3 is 6.03 Å². The summed E-state index contributed by atoms with van der Waals surface area (Å²) in [5.74, 6) is 0. The third kappa shape index (κ3) is 4.62. The second kappa shape index (κ2) is 6.21. The number of hydrogen-bond donors (Lipinski definition) is 3. The number of hydrogen-bond acceptors (Lipinski definition) is 3. The van der Waals surface area contributed by atoms with E-state index >= 15 is 0 Å². The molecule has 5 nitrogen and oxygen atoms in total. The number of nitrogens with zero attached hydrogens (tertiary/aromatic N) is 1. The van der Waals surface area contributed by atoms with E-state index in [-0.39, 0.29) is 12.6 Å². The normalized spacial score (nSPS) is 9.73. The van der Waals surface area contributed by atoms with Crippen LogP contribution in [-0.2, 0) is 0 Å². The minimum atomic E-state index is -0.328. The van der Waals surface area contributed by atoms with E-state index in [0.29, 0.717) is 23.8 Å². The van der Waals surface area contributed by atoms with E-state index in [1.807, 2.05) is 0 Å². The minimum absolute atomic E-state index is 0.0569. The van der Waals surface area contributed by atoms with Gasteiger partial charge in [-0.1, -0.05) is 11.6 Å². The first-order chi connectivity index (χ1) is 7.22. The Balaban J connectivity index is 2.37. The van der Waals surface area contributed by atoms with Crippen molar-refractivity contribution in [3.63, 3.8) is 0 Å². The summed E-state index contributed by atoms with van der Waals surface area (Å²) in [6.45, 7) is 0.489. The van der Waals surface area contributed by atoms with Crippen molar-refractivity contribution in [1.82, 2.24) is 10.3 Å². The van der Waals surface area contributed by atoms with Gasteiger partial charge in [-0.15, -0.1) is 0 Å². The van der Waals surface area contributed by atoms with Gasteiger partial charge < -0.3 is 15.7 Å². The van der Waals surface area contributed by atoms with Gasteiger partial charge in [0.1, 0.15) is 5.15 Å². The van der Waals surface area contributed by atoms with Crippen LogP contribution in [0.2, 0.25) is 5.15 Å². The molecule has 0 bridgehead atoms. The summed E-state index contributed by atoms with van der Waals surface area (Å²) in [4.78, 5) is 15.0. The van der Waals surface area contributed by atoms with Gasteiger partial charge in [0.25, 0.3) is 0 Å². The Hall–Kier alpha value is -1.33. The van der Waals surface area contributed by atoms with Crippen molar-refractivity contribution >= 4 is 23.3 Å². The molecule has 0 radical (unpaired) electrons. The molecule has 6 heteroatoms. The molecule has 1 rings (SSSR count). The number of amides is 2. The van der Waals surface area contributed by atoms with Gasteiger partial charge in [-0.3, -0.25) is 0 Å². The third-order valence-corrected chi connectivity index (χ3v) is 1.81. The summed E-state index contributed by atoms with van der Waals surface area (Å²) >= 11 is 5.64. The highest BCUT2D eigenvalue weighted by Crippen LogP contribution is 2.11. The van der Waals surface area contributed by atoms with Crippen molar-refractivity contribution in [3.05, 3.63) is 23.5 Å². The van der Waals surface area contributed by atoms with Crippen molar-refractivity contribution in [2.45, 2.75) is 6.42 Å². The van der Waals surface area contributed by atoms with Crippen LogP contribution in [0, 0.1) is 0 Å². The van der Waals surface area contributed by atoms with Crippen molar-refractivity contribution in [3.8, 4) is 0 Å². The molecule has 0 aromatic carbocycles. The van der Waals surface area contributed by atoms with Crippen LogP contribution >= 0.6 is 11.6 Å². The standard InChI is InChI=1S/C9H12ClN3O2/c10-8-6-7(2-4-11-8)13-9(15)12-3-1-5-14/h2,4,6,14H,1,3,5H2,(H2,11,12,13,15). The van der Waals surface area contributed by atoms with E-state index < -0.39 is 0 Å². The Bertz CT molecular complexity index is 333. The topological polar surface area (TPSA) is 74.2 Å². The number of urea groups is 1. The fraction of sp³-hybridized carbons (Fsp3) is 0.333. The number of nitrogens with one attached hydrogen (secondary N) is 2. The van der Waals surface area contributed by atoms with Gasteiger partial charge in [0.2, 0.25) is 0 Å². The zero-order valence-corrected chi connectivity index (χ0v) is 8.79. The summed E-state index contributed by atoms with van der Waals surface area (Å²) in [6, 6.07) is 2.86. The van der Waals surface area contributed by atoms with Crippen molar-refractivity contribution in [2.24, 2.45) is 0 Å². The number of carbonyl (C=O) groups is 1. The quantitative estimate of drug-likeness (QED) is 0.537. The SMILES string of the molecule is O=C(NCCCO)Nc1ccnc(Cl)c1. The molecule has 0 saturated heterocycles. The molecule has 2 amide bonds. The summed E-state index contributed by atoms with van der Waals surface area (Å²) in [5, 5.41) is 14.0. The smallest absolute Gasteiger partial charge is 0.319 e. The van der Waals surface area contributed by atoms with Gasteiger partial charge in [-0.25, -0.2) is 9.78 Å². The monoisotopic (exact) mass is 229 g/mol. The molecule has 0 unspecified atom stereocenters. The van der Waals surface area contributed by atoms with E-state index in [4.69, 9.17) is 16.7 Å². The first kappa shape index (κ1) is 11.7. The Kier molecular flexibility index (Phi) is 4.86. The van der Waals surface area contributed by atoms with Crippen molar-refractivity contribution in [2.75, 3.05) is 18.5 Å². The van der Waals surface area contributed by atoms with E-state index in [2.05, 4.69) is 15.6 Å². The average molecular weight is 230 g/mol. The third-order valence-electron chi connectivity index (χ3n) is 1.60. The fourth-order valence-electron chi connectivity index (χ4n) is 0.936. The lowest BCUT2D eigenvalue weighted by Crippen LogP contribution is -2.29.